The summed E-state index contributed by atoms with van der Waals surface area (Å²) in [5.41, 5.74) is 2.08. The largest absolute Gasteiger partial charge is 0.490 e. The SMILES string of the molecule is CCc1ccc(F)cc1Nc1nc(=O)c(OC)cn1Cc1ccccc1. The Morgan fingerprint density at radius 2 is 1.96 bits per heavy atom. The van der Waals surface area contributed by atoms with E-state index in [1.807, 2.05) is 37.3 Å². The molecule has 0 amide bonds. The van der Waals surface area contributed by atoms with Crippen LogP contribution < -0.4 is 15.6 Å². The summed E-state index contributed by atoms with van der Waals surface area (Å²) in [6.45, 7) is 2.47. The van der Waals surface area contributed by atoms with Crippen LogP contribution in [0.1, 0.15) is 18.1 Å². The van der Waals surface area contributed by atoms with Crippen LogP contribution in [0.25, 0.3) is 0 Å². The molecule has 0 saturated heterocycles. The zero-order valence-corrected chi connectivity index (χ0v) is 14.7. The first-order valence-corrected chi connectivity index (χ1v) is 8.35. The lowest BCUT2D eigenvalue weighted by Crippen LogP contribution is -2.19. The van der Waals surface area contributed by atoms with Gasteiger partial charge in [-0.15, -0.1) is 0 Å². The van der Waals surface area contributed by atoms with E-state index < -0.39 is 5.56 Å². The van der Waals surface area contributed by atoms with E-state index in [0.29, 0.717) is 18.2 Å². The van der Waals surface area contributed by atoms with Gasteiger partial charge in [-0.25, -0.2) is 4.39 Å². The number of hydrogen-bond donors (Lipinski definition) is 1. The second kappa shape index (κ2) is 7.82. The highest BCUT2D eigenvalue weighted by Crippen LogP contribution is 2.22. The Kier molecular flexibility index (Phi) is 5.31. The zero-order chi connectivity index (χ0) is 18.5. The molecule has 0 bridgehead atoms. The van der Waals surface area contributed by atoms with Crippen LogP contribution in [0.4, 0.5) is 16.0 Å². The maximum absolute atomic E-state index is 13.7. The van der Waals surface area contributed by atoms with Crippen molar-refractivity contribution in [2.75, 3.05) is 12.4 Å². The normalized spacial score (nSPS) is 10.6. The van der Waals surface area contributed by atoms with Crippen LogP contribution >= 0.6 is 0 Å². The predicted molar refractivity (Wildman–Crippen MR) is 99.7 cm³/mol. The van der Waals surface area contributed by atoms with Gasteiger partial charge in [0.05, 0.1) is 19.9 Å². The van der Waals surface area contributed by atoms with Crippen molar-refractivity contribution < 1.29 is 9.13 Å². The molecule has 5 nitrogen and oxygen atoms in total. The molecular weight excluding hydrogens is 333 g/mol. The number of benzene rings is 2. The smallest absolute Gasteiger partial charge is 0.316 e. The fourth-order valence-corrected chi connectivity index (χ4v) is 2.71. The molecule has 0 radical (unpaired) electrons. The van der Waals surface area contributed by atoms with Crippen molar-refractivity contribution in [2.45, 2.75) is 19.9 Å². The van der Waals surface area contributed by atoms with Gasteiger partial charge in [0.1, 0.15) is 5.82 Å². The average molecular weight is 353 g/mol. The predicted octanol–water partition coefficient (Wildman–Crippen LogP) is 3.75. The average Bonchev–Trinajstić information content (AvgIpc) is 2.65. The number of hydrogen-bond acceptors (Lipinski definition) is 4. The second-order valence-corrected chi connectivity index (χ2v) is 5.83. The van der Waals surface area contributed by atoms with E-state index in [1.165, 1.54) is 19.2 Å². The molecule has 0 aliphatic carbocycles. The van der Waals surface area contributed by atoms with E-state index in [2.05, 4.69) is 10.3 Å². The summed E-state index contributed by atoms with van der Waals surface area (Å²) < 4.78 is 20.6. The third kappa shape index (κ3) is 3.91. The summed E-state index contributed by atoms with van der Waals surface area (Å²) in [5.74, 6) is 0.136. The summed E-state index contributed by atoms with van der Waals surface area (Å²) in [7, 11) is 1.43. The summed E-state index contributed by atoms with van der Waals surface area (Å²) in [6.07, 6.45) is 2.33. The van der Waals surface area contributed by atoms with Crippen molar-refractivity contribution in [3.05, 3.63) is 82.0 Å². The number of anilines is 2. The summed E-state index contributed by atoms with van der Waals surface area (Å²) >= 11 is 0. The molecule has 6 heteroatoms. The van der Waals surface area contributed by atoms with Gasteiger partial charge in [0.25, 0.3) is 0 Å². The zero-order valence-electron chi connectivity index (χ0n) is 14.7. The van der Waals surface area contributed by atoms with Crippen molar-refractivity contribution >= 4 is 11.6 Å². The van der Waals surface area contributed by atoms with Gasteiger partial charge in [-0.05, 0) is 29.7 Å². The molecule has 1 aromatic heterocycles. The molecule has 0 aliphatic heterocycles. The fraction of sp³-hybridized carbons (Fsp3) is 0.200. The van der Waals surface area contributed by atoms with Crippen LogP contribution in [0.5, 0.6) is 5.75 Å². The number of nitrogens with zero attached hydrogens (tertiary/aromatic N) is 2. The molecule has 2 aromatic carbocycles. The first-order chi connectivity index (χ1) is 12.6. The molecule has 0 saturated carbocycles. The lowest BCUT2D eigenvalue weighted by atomic mass is 10.1. The lowest BCUT2D eigenvalue weighted by Gasteiger charge is -2.17. The van der Waals surface area contributed by atoms with Crippen LogP contribution in [0.3, 0.4) is 0 Å². The molecule has 0 unspecified atom stereocenters. The molecule has 134 valence electrons. The van der Waals surface area contributed by atoms with Gasteiger partial charge in [0.15, 0.2) is 0 Å². The summed E-state index contributed by atoms with van der Waals surface area (Å²) in [4.78, 5) is 16.2. The van der Waals surface area contributed by atoms with Crippen molar-refractivity contribution in [3.63, 3.8) is 0 Å². The van der Waals surface area contributed by atoms with E-state index in [9.17, 15) is 9.18 Å². The maximum Gasteiger partial charge on any atom is 0.316 e. The monoisotopic (exact) mass is 353 g/mol. The minimum absolute atomic E-state index is 0.154. The summed E-state index contributed by atoms with van der Waals surface area (Å²) in [6, 6.07) is 14.3. The first-order valence-electron chi connectivity index (χ1n) is 8.35. The highest BCUT2D eigenvalue weighted by atomic mass is 19.1. The number of nitrogens with one attached hydrogen (secondary N) is 1. The van der Waals surface area contributed by atoms with Gasteiger partial charge < -0.3 is 14.6 Å². The Hall–Kier alpha value is -3.15. The van der Waals surface area contributed by atoms with Crippen LogP contribution in [0.2, 0.25) is 0 Å². The minimum Gasteiger partial charge on any atom is -0.490 e. The Bertz CT molecular complexity index is 955. The van der Waals surface area contributed by atoms with Crippen molar-refractivity contribution in [3.8, 4) is 5.75 Å². The third-order valence-electron chi connectivity index (χ3n) is 4.08. The van der Waals surface area contributed by atoms with Crippen molar-refractivity contribution in [1.82, 2.24) is 9.55 Å². The molecule has 3 rings (SSSR count). The maximum atomic E-state index is 13.7. The van der Waals surface area contributed by atoms with E-state index in [0.717, 1.165) is 17.5 Å². The standard InChI is InChI=1S/C20H20FN3O2/c1-3-15-9-10-16(21)11-17(15)22-20-23-19(25)18(26-2)13-24(20)12-14-7-5-4-6-8-14/h4-11,13H,3,12H2,1-2H3,(H,22,23,25). The Balaban J connectivity index is 2.04. The Morgan fingerprint density at radius 1 is 1.19 bits per heavy atom. The number of rotatable bonds is 6. The topological polar surface area (TPSA) is 56.1 Å². The number of aromatic nitrogens is 2. The molecular formula is C20H20FN3O2. The number of aryl methyl sites for hydroxylation is 1. The molecule has 3 aromatic rings. The molecule has 0 atom stereocenters. The molecule has 1 N–H and O–H groups in total. The van der Waals surface area contributed by atoms with Crippen molar-refractivity contribution in [1.29, 1.82) is 0 Å². The van der Waals surface area contributed by atoms with Gasteiger partial charge in [-0.2, -0.15) is 4.98 Å². The molecule has 0 fully saturated rings. The lowest BCUT2D eigenvalue weighted by molar-refractivity contribution is 0.402. The van der Waals surface area contributed by atoms with Gasteiger partial charge >= 0.3 is 5.56 Å². The highest BCUT2D eigenvalue weighted by molar-refractivity contribution is 5.59. The second-order valence-electron chi connectivity index (χ2n) is 5.83. The molecule has 1 heterocycles. The molecule has 26 heavy (non-hydrogen) atoms. The van der Waals surface area contributed by atoms with Gasteiger partial charge in [-0.3, -0.25) is 4.79 Å². The van der Waals surface area contributed by atoms with E-state index in [1.54, 1.807) is 16.8 Å². The van der Waals surface area contributed by atoms with Gasteiger partial charge in [-0.1, -0.05) is 43.3 Å². The van der Waals surface area contributed by atoms with Crippen LogP contribution in [0.15, 0.2) is 59.5 Å². The Labute approximate surface area is 151 Å². The van der Waals surface area contributed by atoms with Crippen LogP contribution in [-0.4, -0.2) is 16.7 Å². The number of methoxy groups -OCH3 is 1. The van der Waals surface area contributed by atoms with E-state index in [4.69, 9.17) is 4.74 Å². The minimum atomic E-state index is -0.478. The fourth-order valence-electron chi connectivity index (χ4n) is 2.71. The molecule has 0 aliphatic rings. The quantitative estimate of drug-likeness (QED) is 0.733. The highest BCUT2D eigenvalue weighted by Gasteiger charge is 2.12. The first kappa shape index (κ1) is 17.7. The van der Waals surface area contributed by atoms with Gasteiger partial charge in [0.2, 0.25) is 11.7 Å². The third-order valence-corrected chi connectivity index (χ3v) is 4.08. The van der Waals surface area contributed by atoms with Crippen LogP contribution in [-0.2, 0) is 13.0 Å². The van der Waals surface area contributed by atoms with Crippen LogP contribution in [0, 0.1) is 5.82 Å². The van der Waals surface area contributed by atoms with Crippen molar-refractivity contribution in [2.24, 2.45) is 0 Å². The summed E-state index contributed by atoms with van der Waals surface area (Å²) in [5, 5.41) is 3.10. The Morgan fingerprint density at radius 3 is 2.65 bits per heavy atom. The van der Waals surface area contributed by atoms with E-state index >= 15 is 0 Å². The number of halogens is 1. The van der Waals surface area contributed by atoms with E-state index in [-0.39, 0.29) is 11.6 Å². The van der Waals surface area contributed by atoms with Gasteiger partial charge in [0, 0.05) is 5.69 Å². The molecule has 0 spiro atoms. The number of ether oxygens (including phenoxy) is 1.